The van der Waals surface area contributed by atoms with E-state index in [1.54, 1.807) is 36.4 Å². The van der Waals surface area contributed by atoms with E-state index in [1.165, 1.54) is 31.4 Å². The third-order valence-electron chi connectivity index (χ3n) is 6.08. The molecule has 6 nitrogen and oxygen atoms in total. The summed E-state index contributed by atoms with van der Waals surface area (Å²) in [5.74, 6) is -1.54. The van der Waals surface area contributed by atoms with Crippen molar-refractivity contribution in [3.05, 3.63) is 93.8 Å². The molecule has 37 heavy (non-hydrogen) atoms. The van der Waals surface area contributed by atoms with Crippen LogP contribution in [0, 0.1) is 18.7 Å². The molecule has 0 aliphatic carbocycles. The average Bonchev–Trinajstić information content (AvgIpc) is 3.13. The second-order valence-corrected chi connectivity index (χ2v) is 9.60. The van der Waals surface area contributed by atoms with Crippen molar-refractivity contribution in [2.75, 3.05) is 18.6 Å². The first-order valence-corrected chi connectivity index (χ1v) is 12.1. The van der Waals surface area contributed by atoms with Gasteiger partial charge in [-0.3, -0.25) is 14.5 Å². The molecule has 3 aromatic rings. The summed E-state index contributed by atoms with van der Waals surface area (Å²) >= 11 is 6.29. The smallest absolute Gasteiger partial charge is 0.300 e. The lowest BCUT2D eigenvalue weighted by molar-refractivity contribution is -0.132. The molecule has 8 heteroatoms. The molecule has 1 aliphatic heterocycles. The van der Waals surface area contributed by atoms with E-state index in [9.17, 15) is 14.7 Å². The number of aliphatic hydroxyl groups is 1. The van der Waals surface area contributed by atoms with Crippen molar-refractivity contribution < 1.29 is 28.6 Å². The minimum Gasteiger partial charge on any atom is -0.507 e. The maximum Gasteiger partial charge on any atom is 0.300 e. The molecule has 3 aromatic carbocycles. The first kappa shape index (κ1) is 26.2. The first-order valence-electron chi connectivity index (χ1n) is 11.8. The molecule has 0 aromatic heterocycles. The number of carbonyl (C=O) groups excluding carboxylic acids is 2. The summed E-state index contributed by atoms with van der Waals surface area (Å²) in [5, 5.41) is 11.5. The van der Waals surface area contributed by atoms with Crippen LogP contribution < -0.4 is 14.4 Å². The standard InChI is InChI=1S/C29H27ClFNO5/c1-16(2)15-37-23-11-9-18(13-17(23)3)27(33)25-26(20-7-5-6-8-22(20)31)32(29(35)28(25)34)19-10-12-24(36-4)21(30)14-19/h5-14,16,26,33H,15H2,1-4H3/b27-25+. The molecule has 0 spiro atoms. The number of amides is 1. The van der Waals surface area contributed by atoms with Gasteiger partial charge in [-0.25, -0.2) is 4.39 Å². The Morgan fingerprint density at radius 2 is 1.78 bits per heavy atom. The number of hydrogen-bond donors (Lipinski definition) is 1. The maximum absolute atomic E-state index is 15.1. The number of anilines is 1. The number of carbonyl (C=O) groups is 2. The highest BCUT2D eigenvalue weighted by atomic mass is 35.5. The van der Waals surface area contributed by atoms with Crippen molar-refractivity contribution in [3.63, 3.8) is 0 Å². The average molecular weight is 524 g/mol. The second-order valence-electron chi connectivity index (χ2n) is 9.19. The molecule has 1 unspecified atom stereocenters. The number of nitrogens with zero attached hydrogens (tertiary/aromatic N) is 1. The van der Waals surface area contributed by atoms with Gasteiger partial charge in [-0.05, 0) is 60.9 Å². The van der Waals surface area contributed by atoms with Crippen LogP contribution in [-0.4, -0.2) is 30.5 Å². The van der Waals surface area contributed by atoms with Gasteiger partial charge < -0.3 is 14.6 Å². The lowest BCUT2D eigenvalue weighted by atomic mass is 9.94. The normalized spacial score (nSPS) is 16.9. The summed E-state index contributed by atoms with van der Waals surface area (Å²) in [6, 6.07) is 14.1. The molecule has 1 amide bonds. The number of rotatable bonds is 7. The van der Waals surface area contributed by atoms with Crippen LogP contribution in [-0.2, 0) is 9.59 Å². The van der Waals surface area contributed by atoms with E-state index in [1.807, 2.05) is 20.8 Å². The van der Waals surface area contributed by atoms with E-state index in [0.29, 0.717) is 29.6 Å². The van der Waals surface area contributed by atoms with Crippen LogP contribution in [0.25, 0.3) is 5.76 Å². The highest BCUT2D eigenvalue weighted by Crippen LogP contribution is 2.44. The Morgan fingerprint density at radius 1 is 1.08 bits per heavy atom. The number of ketones is 1. The van der Waals surface area contributed by atoms with Crippen molar-refractivity contribution in [3.8, 4) is 11.5 Å². The number of hydrogen-bond acceptors (Lipinski definition) is 5. The van der Waals surface area contributed by atoms with Gasteiger partial charge in [-0.1, -0.05) is 43.6 Å². The minimum absolute atomic E-state index is 0.0591. The van der Waals surface area contributed by atoms with Crippen LogP contribution in [0.2, 0.25) is 5.02 Å². The van der Waals surface area contributed by atoms with Crippen LogP contribution in [0.1, 0.15) is 36.6 Å². The summed E-state index contributed by atoms with van der Waals surface area (Å²) < 4.78 is 26.1. The molecule has 0 radical (unpaired) electrons. The van der Waals surface area contributed by atoms with Crippen molar-refractivity contribution in [2.45, 2.75) is 26.8 Å². The summed E-state index contributed by atoms with van der Waals surface area (Å²) in [6.45, 7) is 6.41. The van der Waals surface area contributed by atoms with Crippen LogP contribution in [0.15, 0.2) is 66.2 Å². The Morgan fingerprint density at radius 3 is 2.41 bits per heavy atom. The van der Waals surface area contributed by atoms with Crippen molar-refractivity contribution in [2.24, 2.45) is 5.92 Å². The minimum atomic E-state index is -1.22. The van der Waals surface area contributed by atoms with E-state index in [-0.39, 0.29) is 21.8 Å². The second kappa shape index (κ2) is 10.6. The molecule has 192 valence electrons. The Bertz CT molecular complexity index is 1400. The summed E-state index contributed by atoms with van der Waals surface area (Å²) in [5.41, 5.74) is 1.14. The molecule has 0 saturated carbocycles. The zero-order valence-corrected chi connectivity index (χ0v) is 21.7. The van der Waals surface area contributed by atoms with E-state index in [2.05, 4.69) is 0 Å². The first-order chi connectivity index (χ1) is 17.6. The summed E-state index contributed by atoms with van der Waals surface area (Å²) in [6.07, 6.45) is 0. The van der Waals surface area contributed by atoms with Crippen molar-refractivity contribution in [1.82, 2.24) is 0 Å². The van der Waals surface area contributed by atoms with Crippen LogP contribution >= 0.6 is 11.6 Å². The highest BCUT2D eigenvalue weighted by Gasteiger charge is 2.48. The maximum atomic E-state index is 15.1. The summed E-state index contributed by atoms with van der Waals surface area (Å²) in [4.78, 5) is 27.8. The zero-order chi connectivity index (χ0) is 26.9. The lowest BCUT2D eigenvalue weighted by Gasteiger charge is -2.26. The monoisotopic (exact) mass is 523 g/mol. The highest BCUT2D eigenvalue weighted by molar-refractivity contribution is 6.51. The van der Waals surface area contributed by atoms with Crippen LogP contribution in [0.4, 0.5) is 10.1 Å². The molecular weight excluding hydrogens is 497 g/mol. The van der Waals surface area contributed by atoms with E-state index < -0.39 is 29.3 Å². The van der Waals surface area contributed by atoms with E-state index in [0.717, 1.165) is 10.5 Å². The molecule has 4 rings (SSSR count). The number of benzene rings is 3. The topological polar surface area (TPSA) is 76.1 Å². The largest absolute Gasteiger partial charge is 0.507 e. The van der Waals surface area contributed by atoms with Gasteiger partial charge in [-0.2, -0.15) is 0 Å². The lowest BCUT2D eigenvalue weighted by Crippen LogP contribution is -2.29. The zero-order valence-electron chi connectivity index (χ0n) is 20.9. The van der Waals surface area contributed by atoms with Crippen molar-refractivity contribution >= 4 is 34.7 Å². The molecule has 1 aliphatic rings. The molecular formula is C29H27ClFNO5. The van der Waals surface area contributed by atoms with Gasteiger partial charge in [-0.15, -0.1) is 0 Å². The van der Waals surface area contributed by atoms with E-state index >= 15 is 4.39 Å². The van der Waals surface area contributed by atoms with Crippen molar-refractivity contribution in [1.29, 1.82) is 0 Å². The van der Waals surface area contributed by atoms with Gasteiger partial charge in [0.25, 0.3) is 11.7 Å². The van der Waals surface area contributed by atoms with Crippen LogP contribution in [0.5, 0.6) is 11.5 Å². The molecule has 1 atom stereocenters. The predicted molar refractivity (Wildman–Crippen MR) is 141 cm³/mol. The quantitative estimate of drug-likeness (QED) is 0.218. The fourth-order valence-corrected chi connectivity index (χ4v) is 4.52. The number of aryl methyl sites for hydroxylation is 1. The number of methoxy groups -OCH3 is 1. The third-order valence-corrected chi connectivity index (χ3v) is 6.37. The SMILES string of the molecule is COc1ccc(N2C(=O)C(=O)/C(=C(/O)c3ccc(OCC(C)C)c(C)c3)C2c2ccccc2F)cc1Cl. The van der Waals surface area contributed by atoms with Gasteiger partial charge in [0.05, 0.1) is 30.4 Å². The Labute approximate surface area is 219 Å². The number of halogens is 2. The Kier molecular flexibility index (Phi) is 7.55. The van der Waals surface area contributed by atoms with E-state index in [4.69, 9.17) is 21.1 Å². The molecule has 1 heterocycles. The molecule has 0 bridgehead atoms. The number of Topliss-reactive ketones (excluding diaryl/α,β-unsaturated/α-hetero) is 1. The fourth-order valence-electron chi connectivity index (χ4n) is 4.27. The Hall–Kier alpha value is -3.84. The molecule has 1 saturated heterocycles. The summed E-state index contributed by atoms with van der Waals surface area (Å²) in [7, 11) is 1.45. The van der Waals surface area contributed by atoms with Gasteiger partial charge in [0, 0.05) is 16.8 Å². The molecule has 1 N–H and O–H groups in total. The van der Waals surface area contributed by atoms with Gasteiger partial charge in [0.15, 0.2) is 0 Å². The van der Waals surface area contributed by atoms with Gasteiger partial charge in [0.1, 0.15) is 23.1 Å². The van der Waals surface area contributed by atoms with Crippen LogP contribution in [0.3, 0.4) is 0 Å². The third kappa shape index (κ3) is 5.04. The number of ether oxygens (including phenoxy) is 2. The Balaban J connectivity index is 1.87. The van der Waals surface area contributed by atoms with Gasteiger partial charge >= 0.3 is 0 Å². The number of aliphatic hydroxyl groups excluding tert-OH is 1. The van der Waals surface area contributed by atoms with Gasteiger partial charge in [0.2, 0.25) is 0 Å². The predicted octanol–water partition coefficient (Wildman–Crippen LogP) is 6.46. The molecule has 1 fully saturated rings. The fraction of sp³-hybridized carbons (Fsp3) is 0.241.